The van der Waals surface area contributed by atoms with Crippen molar-refractivity contribution < 1.29 is 17.9 Å². The molecule has 0 saturated heterocycles. The van der Waals surface area contributed by atoms with Gasteiger partial charge in [0.05, 0.1) is 0 Å². The molecule has 1 aliphatic carbocycles. The van der Waals surface area contributed by atoms with E-state index in [0.717, 1.165) is 11.5 Å². The average molecular weight is 390 g/mol. The van der Waals surface area contributed by atoms with Gasteiger partial charge in [0.1, 0.15) is 5.75 Å². The fourth-order valence-corrected chi connectivity index (χ4v) is 4.23. The molecule has 0 spiro atoms. The van der Waals surface area contributed by atoms with Crippen LogP contribution in [0.25, 0.3) is 0 Å². The van der Waals surface area contributed by atoms with Crippen LogP contribution in [-0.2, 0) is 6.42 Å². The van der Waals surface area contributed by atoms with Gasteiger partial charge >= 0.3 is 6.36 Å². The summed E-state index contributed by atoms with van der Waals surface area (Å²) >= 11 is 0. The Morgan fingerprint density at radius 3 is 1.96 bits per heavy atom. The first-order chi connectivity index (χ1) is 13.4. The summed E-state index contributed by atoms with van der Waals surface area (Å²) < 4.78 is 40.6. The van der Waals surface area contributed by atoms with Gasteiger partial charge < -0.3 is 4.74 Å². The minimum absolute atomic E-state index is 0.180. The Hall–Kier alpha value is -1.97. The van der Waals surface area contributed by atoms with E-state index in [2.05, 4.69) is 35.9 Å². The predicted molar refractivity (Wildman–Crippen MR) is 107 cm³/mol. The molecular formula is C24H29F3O. The fraction of sp³-hybridized carbons (Fsp3) is 0.500. The third-order valence-corrected chi connectivity index (χ3v) is 5.83. The van der Waals surface area contributed by atoms with Crippen LogP contribution >= 0.6 is 0 Å². The summed E-state index contributed by atoms with van der Waals surface area (Å²) in [4.78, 5) is 0. The molecule has 1 saturated carbocycles. The SMILES string of the molecule is CCCCC1CCC(c2ccc(Cc3ccc(OC(F)(F)F)cc3)cc2)CC1. The van der Waals surface area contributed by atoms with Crippen molar-refractivity contribution >= 4 is 0 Å². The highest BCUT2D eigenvalue weighted by Gasteiger charge is 2.30. The zero-order valence-corrected chi connectivity index (χ0v) is 16.5. The second-order valence-electron chi connectivity index (χ2n) is 7.97. The standard InChI is InChI=1S/C24H29F3O/c1-2-3-4-18-5-11-21(12-6-18)22-13-7-19(8-14-22)17-20-9-15-23(16-10-20)28-24(25,26)27/h7-10,13-16,18,21H,2-6,11-12,17H2,1H3. The Labute approximate surface area is 165 Å². The van der Waals surface area contributed by atoms with Crippen LogP contribution in [-0.4, -0.2) is 6.36 Å². The number of halogens is 3. The van der Waals surface area contributed by atoms with Crippen molar-refractivity contribution in [3.05, 3.63) is 65.2 Å². The van der Waals surface area contributed by atoms with Crippen molar-refractivity contribution in [2.45, 2.75) is 70.6 Å². The summed E-state index contributed by atoms with van der Waals surface area (Å²) in [6, 6.07) is 14.9. The minimum Gasteiger partial charge on any atom is -0.406 e. The maximum absolute atomic E-state index is 12.2. The van der Waals surface area contributed by atoms with Gasteiger partial charge in [-0.15, -0.1) is 13.2 Å². The molecule has 0 amide bonds. The van der Waals surface area contributed by atoms with Crippen LogP contribution in [0.5, 0.6) is 5.75 Å². The first kappa shape index (κ1) is 20.8. The average Bonchev–Trinajstić information content (AvgIpc) is 2.68. The summed E-state index contributed by atoms with van der Waals surface area (Å²) in [6.45, 7) is 2.26. The lowest BCUT2D eigenvalue weighted by Crippen LogP contribution is -2.17. The van der Waals surface area contributed by atoms with Crippen molar-refractivity contribution in [2.24, 2.45) is 5.92 Å². The lowest BCUT2D eigenvalue weighted by atomic mass is 9.77. The summed E-state index contributed by atoms with van der Waals surface area (Å²) in [5.74, 6) is 1.41. The van der Waals surface area contributed by atoms with E-state index in [1.807, 2.05) is 0 Å². The molecule has 0 radical (unpaired) electrons. The predicted octanol–water partition coefficient (Wildman–Crippen LogP) is 7.64. The van der Waals surface area contributed by atoms with Crippen LogP contribution in [0.4, 0.5) is 13.2 Å². The lowest BCUT2D eigenvalue weighted by Gasteiger charge is -2.29. The first-order valence-electron chi connectivity index (χ1n) is 10.4. The van der Waals surface area contributed by atoms with Crippen LogP contribution in [0.15, 0.2) is 48.5 Å². The highest BCUT2D eigenvalue weighted by Crippen LogP contribution is 2.37. The molecule has 0 bridgehead atoms. The smallest absolute Gasteiger partial charge is 0.406 e. The van der Waals surface area contributed by atoms with E-state index in [4.69, 9.17) is 0 Å². The molecule has 0 N–H and O–H groups in total. The monoisotopic (exact) mass is 390 g/mol. The summed E-state index contributed by atoms with van der Waals surface area (Å²) in [5.41, 5.74) is 3.56. The Morgan fingerprint density at radius 2 is 1.43 bits per heavy atom. The van der Waals surface area contributed by atoms with Gasteiger partial charge in [-0.2, -0.15) is 0 Å². The van der Waals surface area contributed by atoms with Crippen LogP contribution in [0.2, 0.25) is 0 Å². The number of hydrogen-bond donors (Lipinski definition) is 0. The van der Waals surface area contributed by atoms with Crippen molar-refractivity contribution in [3.63, 3.8) is 0 Å². The first-order valence-corrected chi connectivity index (χ1v) is 10.4. The Balaban J connectivity index is 1.52. The zero-order chi connectivity index (χ0) is 20.0. The van der Waals surface area contributed by atoms with E-state index >= 15 is 0 Å². The maximum atomic E-state index is 12.2. The maximum Gasteiger partial charge on any atom is 0.573 e. The van der Waals surface area contributed by atoms with Gasteiger partial charge in [-0.25, -0.2) is 0 Å². The number of alkyl halides is 3. The molecule has 0 aromatic heterocycles. The molecule has 0 atom stereocenters. The van der Waals surface area contributed by atoms with Crippen LogP contribution in [0.1, 0.15) is 74.5 Å². The van der Waals surface area contributed by atoms with E-state index < -0.39 is 6.36 Å². The zero-order valence-electron chi connectivity index (χ0n) is 16.5. The van der Waals surface area contributed by atoms with Gasteiger partial charge in [0.25, 0.3) is 0 Å². The number of hydrogen-bond acceptors (Lipinski definition) is 1. The van der Waals surface area contributed by atoms with Crippen molar-refractivity contribution in [1.29, 1.82) is 0 Å². The van der Waals surface area contributed by atoms with E-state index in [9.17, 15) is 13.2 Å². The molecule has 0 aliphatic heterocycles. The molecule has 4 heteroatoms. The topological polar surface area (TPSA) is 9.23 Å². The van der Waals surface area contributed by atoms with Crippen LogP contribution in [0, 0.1) is 5.92 Å². The van der Waals surface area contributed by atoms with E-state index in [1.165, 1.54) is 68.2 Å². The number of unbranched alkanes of at least 4 members (excludes halogenated alkanes) is 1. The van der Waals surface area contributed by atoms with Gasteiger partial charge in [-0.05, 0) is 72.8 Å². The summed E-state index contributed by atoms with van der Waals surface area (Å²) in [7, 11) is 0. The van der Waals surface area contributed by atoms with Gasteiger partial charge in [0, 0.05) is 0 Å². The van der Waals surface area contributed by atoms with Crippen molar-refractivity contribution in [3.8, 4) is 5.75 Å². The molecule has 1 aliphatic rings. The van der Waals surface area contributed by atoms with Crippen LogP contribution < -0.4 is 4.74 Å². The minimum atomic E-state index is -4.65. The molecule has 2 aromatic rings. The molecule has 1 fully saturated rings. The number of ether oxygens (including phenoxy) is 1. The van der Waals surface area contributed by atoms with Crippen molar-refractivity contribution in [1.82, 2.24) is 0 Å². The van der Waals surface area contributed by atoms with Gasteiger partial charge in [0.2, 0.25) is 0 Å². The lowest BCUT2D eigenvalue weighted by molar-refractivity contribution is -0.274. The van der Waals surface area contributed by atoms with E-state index in [0.29, 0.717) is 12.3 Å². The van der Waals surface area contributed by atoms with Gasteiger partial charge in [-0.1, -0.05) is 62.6 Å². The largest absolute Gasteiger partial charge is 0.573 e. The third-order valence-electron chi connectivity index (χ3n) is 5.83. The second-order valence-corrected chi connectivity index (χ2v) is 7.97. The highest BCUT2D eigenvalue weighted by molar-refractivity contribution is 5.33. The Bertz CT molecular complexity index is 711. The summed E-state index contributed by atoms with van der Waals surface area (Å²) in [5, 5.41) is 0. The number of benzene rings is 2. The van der Waals surface area contributed by atoms with Gasteiger partial charge in [0.15, 0.2) is 0 Å². The molecule has 0 unspecified atom stereocenters. The van der Waals surface area contributed by atoms with Crippen LogP contribution in [0.3, 0.4) is 0 Å². The normalized spacial score (nSPS) is 20.1. The molecule has 2 aromatic carbocycles. The molecule has 1 nitrogen and oxygen atoms in total. The quantitative estimate of drug-likeness (QED) is 0.472. The molecular weight excluding hydrogens is 361 g/mol. The summed E-state index contributed by atoms with van der Waals surface area (Å²) in [6.07, 6.45) is 5.35. The number of rotatable bonds is 7. The van der Waals surface area contributed by atoms with E-state index in [-0.39, 0.29) is 5.75 Å². The molecule has 0 heterocycles. The molecule has 3 rings (SSSR count). The molecule has 28 heavy (non-hydrogen) atoms. The third kappa shape index (κ3) is 6.29. The highest BCUT2D eigenvalue weighted by atomic mass is 19.4. The fourth-order valence-electron chi connectivity index (χ4n) is 4.23. The molecule has 152 valence electrons. The Kier molecular flexibility index (Phi) is 7.03. The van der Waals surface area contributed by atoms with Crippen molar-refractivity contribution in [2.75, 3.05) is 0 Å². The van der Waals surface area contributed by atoms with Gasteiger partial charge in [-0.3, -0.25) is 0 Å². The Morgan fingerprint density at radius 1 is 0.857 bits per heavy atom. The van der Waals surface area contributed by atoms with E-state index in [1.54, 1.807) is 12.1 Å². The second kappa shape index (κ2) is 9.49.